The SMILES string of the molecule is Cc1cc(Cl)ccc1OCC(=O)Oc1ccc(/C=N\NC(=O)COc2cccc3ccccc23)cc1. The molecule has 4 rings (SSSR count). The van der Waals surface area contributed by atoms with E-state index in [1.165, 1.54) is 6.21 Å². The first-order chi connectivity index (χ1) is 17.5. The molecule has 4 aromatic rings. The molecule has 1 N–H and O–H groups in total. The van der Waals surface area contributed by atoms with Crippen molar-refractivity contribution >= 4 is 40.5 Å². The Balaban J connectivity index is 1.22. The fraction of sp³-hybridized carbons (Fsp3) is 0.107. The number of carbonyl (C=O) groups excluding carboxylic acids is 2. The summed E-state index contributed by atoms with van der Waals surface area (Å²) in [5.74, 6) is 0.629. The molecule has 0 atom stereocenters. The zero-order valence-electron chi connectivity index (χ0n) is 19.4. The summed E-state index contributed by atoms with van der Waals surface area (Å²) in [7, 11) is 0. The van der Waals surface area contributed by atoms with Gasteiger partial charge in [0.15, 0.2) is 13.2 Å². The number of esters is 1. The van der Waals surface area contributed by atoms with E-state index >= 15 is 0 Å². The molecule has 0 aliphatic rings. The number of hydrazone groups is 1. The van der Waals surface area contributed by atoms with Gasteiger partial charge in [-0.25, -0.2) is 10.2 Å². The summed E-state index contributed by atoms with van der Waals surface area (Å²) >= 11 is 5.92. The molecule has 0 unspecified atom stereocenters. The molecule has 0 heterocycles. The van der Waals surface area contributed by atoms with Crippen LogP contribution in [0.4, 0.5) is 0 Å². The predicted molar refractivity (Wildman–Crippen MR) is 139 cm³/mol. The lowest BCUT2D eigenvalue weighted by atomic mass is 10.1. The van der Waals surface area contributed by atoms with Crippen molar-refractivity contribution < 1.29 is 23.8 Å². The van der Waals surface area contributed by atoms with Crippen LogP contribution in [0.1, 0.15) is 11.1 Å². The van der Waals surface area contributed by atoms with Gasteiger partial charge in [-0.05, 0) is 72.0 Å². The first kappa shape index (κ1) is 24.8. The number of rotatable bonds is 9. The van der Waals surface area contributed by atoms with Gasteiger partial charge in [0.25, 0.3) is 5.91 Å². The van der Waals surface area contributed by atoms with Gasteiger partial charge in [0.05, 0.1) is 6.21 Å². The highest BCUT2D eigenvalue weighted by Gasteiger charge is 2.08. The number of nitrogens with zero attached hydrogens (tertiary/aromatic N) is 1. The Labute approximate surface area is 213 Å². The minimum atomic E-state index is -0.538. The van der Waals surface area contributed by atoms with Gasteiger partial charge in [-0.1, -0.05) is 48.0 Å². The van der Waals surface area contributed by atoms with Crippen LogP contribution in [0, 0.1) is 6.92 Å². The molecule has 36 heavy (non-hydrogen) atoms. The number of fused-ring (bicyclic) bond motifs is 1. The smallest absolute Gasteiger partial charge is 0.349 e. The minimum absolute atomic E-state index is 0.169. The van der Waals surface area contributed by atoms with Crippen molar-refractivity contribution in [2.75, 3.05) is 13.2 Å². The number of amides is 1. The lowest BCUT2D eigenvalue weighted by Crippen LogP contribution is -2.24. The molecule has 0 saturated carbocycles. The van der Waals surface area contributed by atoms with Crippen LogP contribution >= 0.6 is 11.6 Å². The fourth-order valence-electron chi connectivity index (χ4n) is 3.37. The molecular weight excluding hydrogens is 480 g/mol. The Bertz CT molecular complexity index is 1400. The van der Waals surface area contributed by atoms with Crippen LogP contribution in [-0.2, 0) is 9.59 Å². The van der Waals surface area contributed by atoms with Gasteiger partial charge in [-0.2, -0.15) is 5.10 Å². The van der Waals surface area contributed by atoms with Crippen molar-refractivity contribution in [1.29, 1.82) is 0 Å². The number of halogens is 1. The molecule has 0 bridgehead atoms. The first-order valence-electron chi connectivity index (χ1n) is 11.1. The highest BCUT2D eigenvalue weighted by molar-refractivity contribution is 6.30. The van der Waals surface area contributed by atoms with E-state index in [0.717, 1.165) is 16.3 Å². The molecule has 0 radical (unpaired) electrons. The lowest BCUT2D eigenvalue weighted by molar-refractivity contribution is -0.136. The molecule has 0 spiro atoms. The summed E-state index contributed by atoms with van der Waals surface area (Å²) < 4.78 is 16.4. The highest BCUT2D eigenvalue weighted by Crippen LogP contribution is 2.25. The Morgan fingerprint density at radius 2 is 1.64 bits per heavy atom. The number of nitrogens with one attached hydrogen (secondary N) is 1. The summed E-state index contributed by atoms with van der Waals surface area (Å²) in [5, 5.41) is 6.51. The van der Waals surface area contributed by atoms with Crippen LogP contribution in [0.2, 0.25) is 5.02 Å². The monoisotopic (exact) mass is 502 g/mol. The summed E-state index contributed by atoms with van der Waals surface area (Å²) in [4.78, 5) is 24.2. The molecule has 1 amide bonds. The number of carbonyl (C=O) groups is 2. The molecule has 8 heteroatoms. The Kier molecular flexibility index (Phi) is 8.16. The van der Waals surface area contributed by atoms with Crippen LogP contribution in [0.3, 0.4) is 0 Å². The van der Waals surface area contributed by atoms with Crippen molar-refractivity contribution in [3.8, 4) is 17.2 Å². The molecule has 4 aromatic carbocycles. The normalized spacial score (nSPS) is 10.8. The lowest BCUT2D eigenvalue weighted by Gasteiger charge is -2.09. The second-order valence-corrected chi connectivity index (χ2v) is 8.24. The maximum absolute atomic E-state index is 12.1. The van der Waals surface area contributed by atoms with Gasteiger partial charge in [0.2, 0.25) is 0 Å². The molecule has 0 aromatic heterocycles. The largest absolute Gasteiger partial charge is 0.483 e. The molecular formula is C28H23ClN2O5. The van der Waals surface area contributed by atoms with Crippen LogP contribution in [-0.4, -0.2) is 31.3 Å². The zero-order valence-corrected chi connectivity index (χ0v) is 20.2. The third-order valence-corrected chi connectivity index (χ3v) is 5.34. The van der Waals surface area contributed by atoms with E-state index in [1.54, 1.807) is 42.5 Å². The van der Waals surface area contributed by atoms with E-state index in [2.05, 4.69) is 10.5 Å². The maximum Gasteiger partial charge on any atom is 0.349 e. The van der Waals surface area contributed by atoms with E-state index in [4.69, 9.17) is 25.8 Å². The summed E-state index contributed by atoms with van der Waals surface area (Å²) in [5.41, 5.74) is 3.96. The standard InChI is InChI=1S/C28H23ClN2O5/c1-19-15-22(29)11-14-25(19)35-18-28(33)36-23-12-9-20(10-13-23)16-30-31-27(32)17-34-26-8-4-6-21-5-2-3-7-24(21)26/h2-16H,17-18H2,1H3,(H,31,32)/b30-16-. The average Bonchev–Trinajstić information content (AvgIpc) is 2.88. The summed E-state index contributed by atoms with van der Waals surface area (Å²) in [6, 6.07) is 25.3. The molecule has 0 aliphatic carbocycles. The van der Waals surface area contributed by atoms with Crippen molar-refractivity contribution in [1.82, 2.24) is 5.43 Å². The second kappa shape index (κ2) is 11.9. The number of hydrogen-bond donors (Lipinski definition) is 1. The zero-order chi connectivity index (χ0) is 25.3. The second-order valence-electron chi connectivity index (χ2n) is 7.80. The quantitative estimate of drug-likeness (QED) is 0.145. The van der Waals surface area contributed by atoms with Crippen molar-refractivity contribution in [3.63, 3.8) is 0 Å². The summed E-state index contributed by atoms with van der Waals surface area (Å²) in [6.07, 6.45) is 1.48. The Hall–Kier alpha value is -4.36. The average molecular weight is 503 g/mol. The Morgan fingerprint density at radius 3 is 2.44 bits per heavy atom. The molecule has 182 valence electrons. The third-order valence-electron chi connectivity index (χ3n) is 5.11. The van der Waals surface area contributed by atoms with E-state index in [1.807, 2.05) is 49.4 Å². The number of aryl methyl sites for hydroxylation is 1. The van der Waals surface area contributed by atoms with Crippen molar-refractivity contribution in [2.45, 2.75) is 6.92 Å². The Morgan fingerprint density at radius 1 is 0.889 bits per heavy atom. The number of benzene rings is 4. The molecule has 0 aliphatic heterocycles. The van der Waals surface area contributed by atoms with Gasteiger partial charge in [0, 0.05) is 10.4 Å². The van der Waals surface area contributed by atoms with Gasteiger partial charge in [-0.15, -0.1) is 0 Å². The topological polar surface area (TPSA) is 86.2 Å². The van der Waals surface area contributed by atoms with Gasteiger partial charge in [0.1, 0.15) is 17.2 Å². The van der Waals surface area contributed by atoms with Crippen molar-refractivity contribution in [2.24, 2.45) is 5.10 Å². The summed E-state index contributed by atoms with van der Waals surface area (Å²) in [6.45, 7) is 1.43. The van der Waals surface area contributed by atoms with Gasteiger partial charge in [-0.3, -0.25) is 4.79 Å². The van der Waals surface area contributed by atoms with Gasteiger partial charge < -0.3 is 14.2 Å². The van der Waals surface area contributed by atoms with Crippen LogP contribution in [0.25, 0.3) is 10.8 Å². The van der Waals surface area contributed by atoms with Crippen LogP contribution in [0.5, 0.6) is 17.2 Å². The minimum Gasteiger partial charge on any atom is -0.483 e. The molecule has 7 nitrogen and oxygen atoms in total. The van der Waals surface area contributed by atoms with E-state index in [-0.39, 0.29) is 19.1 Å². The highest BCUT2D eigenvalue weighted by atomic mass is 35.5. The fourth-order valence-corrected chi connectivity index (χ4v) is 3.60. The van der Waals surface area contributed by atoms with Crippen LogP contribution < -0.4 is 19.6 Å². The maximum atomic E-state index is 12.1. The van der Waals surface area contributed by atoms with E-state index < -0.39 is 5.97 Å². The third kappa shape index (κ3) is 6.84. The van der Waals surface area contributed by atoms with Crippen LogP contribution in [0.15, 0.2) is 90.0 Å². The molecule has 0 saturated heterocycles. The van der Waals surface area contributed by atoms with E-state index in [9.17, 15) is 9.59 Å². The molecule has 0 fully saturated rings. The van der Waals surface area contributed by atoms with Crippen molar-refractivity contribution in [3.05, 3.63) is 101 Å². The predicted octanol–water partition coefficient (Wildman–Crippen LogP) is 5.32. The first-order valence-corrected chi connectivity index (χ1v) is 11.5. The van der Waals surface area contributed by atoms with Gasteiger partial charge >= 0.3 is 5.97 Å². The van der Waals surface area contributed by atoms with E-state index in [0.29, 0.717) is 27.8 Å². The number of hydrogen-bond acceptors (Lipinski definition) is 6. The number of ether oxygens (including phenoxy) is 3.